The van der Waals surface area contributed by atoms with Gasteiger partial charge >= 0.3 is 12.3 Å². The van der Waals surface area contributed by atoms with Gasteiger partial charge in [-0.2, -0.15) is 0 Å². The van der Waals surface area contributed by atoms with Crippen LogP contribution in [0, 0.1) is 0 Å². The zero-order chi connectivity index (χ0) is 20.8. The Labute approximate surface area is 181 Å². The molecule has 1 heterocycles. The molecule has 0 N–H and O–H groups in total. The van der Waals surface area contributed by atoms with Crippen molar-refractivity contribution in [3.05, 3.63) is 90.0 Å². The molecule has 0 saturated carbocycles. The van der Waals surface area contributed by atoms with Crippen molar-refractivity contribution < 1.29 is 19.0 Å². The molecule has 1 aliphatic heterocycles. The van der Waals surface area contributed by atoms with Crippen molar-refractivity contribution in [3.8, 4) is 11.5 Å². The van der Waals surface area contributed by atoms with Crippen LogP contribution in [0.3, 0.4) is 0 Å². The van der Waals surface area contributed by atoms with E-state index in [1.165, 1.54) is 16.0 Å². The standard InChI is InChI=1S/C25H24O4S/c1-2-27-24(26)25(28-19-8-4-3-5-9-19)29-20-14-12-18(13-15-20)21-16-17-30-23-11-7-6-10-22(21)23/h3-15,21,25H,2,16-17H2,1H3. The van der Waals surface area contributed by atoms with E-state index in [9.17, 15) is 4.79 Å². The summed E-state index contributed by atoms with van der Waals surface area (Å²) in [6.45, 7) is 2.02. The van der Waals surface area contributed by atoms with E-state index in [-0.39, 0.29) is 6.61 Å². The minimum Gasteiger partial charge on any atom is -0.460 e. The number of carbonyl (C=O) groups excluding carboxylic acids is 1. The fourth-order valence-corrected chi connectivity index (χ4v) is 4.67. The second-order valence-electron chi connectivity index (χ2n) is 6.93. The Morgan fingerprint density at radius 3 is 2.33 bits per heavy atom. The van der Waals surface area contributed by atoms with Gasteiger partial charge in [-0.05, 0) is 60.6 Å². The highest BCUT2D eigenvalue weighted by atomic mass is 32.2. The van der Waals surface area contributed by atoms with Crippen molar-refractivity contribution in [3.63, 3.8) is 0 Å². The number of hydrogen-bond acceptors (Lipinski definition) is 5. The molecule has 5 heteroatoms. The lowest BCUT2D eigenvalue weighted by Crippen LogP contribution is -2.35. The molecule has 4 nitrogen and oxygen atoms in total. The summed E-state index contributed by atoms with van der Waals surface area (Å²) in [7, 11) is 0. The van der Waals surface area contributed by atoms with Crippen LogP contribution in [-0.2, 0) is 9.53 Å². The molecule has 30 heavy (non-hydrogen) atoms. The van der Waals surface area contributed by atoms with Crippen LogP contribution >= 0.6 is 11.8 Å². The van der Waals surface area contributed by atoms with Crippen LogP contribution in [0.1, 0.15) is 30.4 Å². The molecular formula is C25H24O4S. The molecule has 0 aromatic heterocycles. The van der Waals surface area contributed by atoms with Gasteiger partial charge in [0.15, 0.2) is 0 Å². The molecule has 0 radical (unpaired) electrons. The van der Waals surface area contributed by atoms with Crippen molar-refractivity contribution in [1.82, 2.24) is 0 Å². The van der Waals surface area contributed by atoms with Crippen LogP contribution in [0.2, 0.25) is 0 Å². The van der Waals surface area contributed by atoms with Crippen LogP contribution in [-0.4, -0.2) is 24.6 Å². The Balaban J connectivity index is 1.50. The van der Waals surface area contributed by atoms with Crippen molar-refractivity contribution in [2.24, 2.45) is 0 Å². The number of thioether (sulfide) groups is 1. The second kappa shape index (κ2) is 9.72. The summed E-state index contributed by atoms with van der Waals surface area (Å²) < 4.78 is 16.7. The molecule has 3 aromatic rings. The van der Waals surface area contributed by atoms with Gasteiger partial charge in [-0.3, -0.25) is 0 Å². The molecule has 1 aliphatic rings. The van der Waals surface area contributed by atoms with E-state index in [2.05, 4.69) is 36.4 Å². The number of para-hydroxylation sites is 1. The molecule has 2 unspecified atom stereocenters. The van der Waals surface area contributed by atoms with Crippen molar-refractivity contribution in [2.75, 3.05) is 12.4 Å². The first-order valence-electron chi connectivity index (χ1n) is 10.1. The van der Waals surface area contributed by atoms with Crippen LogP contribution in [0.25, 0.3) is 0 Å². The summed E-state index contributed by atoms with van der Waals surface area (Å²) in [5.74, 6) is 2.03. The molecule has 4 rings (SSSR count). The maximum absolute atomic E-state index is 12.3. The van der Waals surface area contributed by atoms with Gasteiger partial charge in [0.2, 0.25) is 0 Å². The highest BCUT2D eigenvalue weighted by Crippen LogP contribution is 2.41. The van der Waals surface area contributed by atoms with E-state index in [4.69, 9.17) is 14.2 Å². The van der Waals surface area contributed by atoms with Crippen molar-refractivity contribution in [2.45, 2.75) is 30.4 Å². The number of hydrogen-bond donors (Lipinski definition) is 0. The highest BCUT2D eigenvalue weighted by Gasteiger charge is 2.25. The topological polar surface area (TPSA) is 44.8 Å². The zero-order valence-corrected chi connectivity index (χ0v) is 17.6. The third-order valence-corrected chi connectivity index (χ3v) is 6.07. The lowest BCUT2D eigenvalue weighted by molar-refractivity contribution is -0.165. The Hall–Kier alpha value is -2.92. The number of esters is 1. The second-order valence-corrected chi connectivity index (χ2v) is 8.07. The lowest BCUT2D eigenvalue weighted by Gasteiger charge is -2.25. The summed E-state index contributed by atoms with van der Waals surface area (Å²) in [6, 6.07) is 25.6. The molecule has 0 aliphatic carbocycles. The normalized spacial score (nSPS) is 16.2. The number of ether oxygens (including phenoxy) is 3. The predicted octanol–water partition coefficient (Wildman–Crippen LogP) is 5.66. The fraction of sp³-hybridized carbons (Fsp3) is 0.240. The van der Waals surface area contributed by atoms with Gasteiger partial charge in [0.05, 0.1) is 6.61 Å². The van der Waals surface area contributed by atoms with Crippen molar-refractivity contribution in [1.29, 1.82) is 0 Å². The van der Waals surface area contributed by atoms with E-state index >= 15 is 0 Å². The maximum atomic E-state index is 12.3. The third-order valence-electron chi connectivity index (χ3n) is 4.95. The smallest absolute Gasteiger partial charge is 0.389 e. The van der Waals surface area contributed by atoms with Crippen LogP contribution in [0.5, 0.6) is 11.5 Å². The predicted molar refractivity (Wildman–Crippen MR) is 118 cm³/mol. The highest BCUT2D eigenvalue weighted by molar-refractivity contribution is 7.99. The average Bonchev–Trinajstić information content (AvgIpc) is 2.80. The minimum atomic E-state index is -1.16. The first-order valence-corrected chi connectivity index (χ1v) is 11.1. The fourth-order valence-electron chi connectivity index (χ4n) is 3.54. The molecule has 3 aromatic carbocycles. The molecule has 0 fully saturated rings. The summed E-state index contributed by atoms with van der Waals surface area (Å²) in [4.78, 5) is 13.7. The summed E-state index contributed by atoms with van der Waals surface area (Å²) >= 11 is 1.91. The molecular weight excluding hydrogens is 396 g/mol. The molecule has 0 spiro atoms. The monoisotopic (exact) mass is 420 g/mol. The van der Waals surface area contributed by atoms with Crippen molar-refractivity contribution >= 4 is 17.7 Å². The summed E-state index contributed by atoms with van der Waals surface area (Å²) in [5, 5.41) is 0. The largest absolute Gasteiger partial charge is 0.460 e. The molecule has 0 bridgehead atoms. The minimum absolute atomic E-state index is 0.259. The number of benzene rings is 3. The van der Waals surface area contributed by atoms with Crippen LogP contribution < -0.4 is 9.47 Å². The summed E-state index contributed by atoms with van der Waals surface area (Å²) in [5.41, 5.74) is 2.62. The molecule has 0 amide bonds. The molecule has 154 valence electrons. The first kappa shape index (κ1) is 20.4. The number of rotatable bonds is 7. The summed E-state index contributed by atoms with van der Waals surface area (Å²) in [6.07, 6.45) is -0.0604. The van der Waals surface area contributed by atoms with E-state index in [1.807, 2.05) is 42.1 Å². The van der Waals surface area contributed by atoms with E-state index < -0.39 is 12.3 Å². The van der Waals surface area contributed by atoms with E-state index in [1.54, 1.807) is 19.1 Å². The van der Waals surface area contributed by atoms with Gasteiger partial charge in [-0.15, -0.1) is 11.8 Å². The van der Waals surface area contributed by atoms with E-state index in [0.29, 0.717) is 17.4 Å². The van der Waals surface area contributed by atoms with Crippen LogP contribution in [0.15, 0.2) is 83.8 Å². The maximum Gasteiger partial charge on any atom is 0.389 e. The molecule has 0 saturated heterocycles. The van der Waals surface area contributed by atoms with Gasteiger partial charge < -0.3 is 14.2 Å². The van der Waals surface area contributed by atoms with Gasteiger partial charge in [0.1, 0.15) is 11.5 Å². The first-order chi connectivity index (χ1) is 14.7. The Morgan fingerprint density at radius 1 is 0.933 bits per heavy atom. The molecule has 2 atom stereocenters. The zero-order valence-electron chi connectivity index (χ0n) is 16.8. The number of fused-ring (bicyclic) bond motifs is 1. The SMILES string of the molecule is CCOC(=O)C(Oc1ccccc1)Oc1ccc(C2CCSc3ccccc32)cc1. The number of carbonyl (C=O) groups is 1. The van der Waals surface area contributed by atoms with Crippen LogP contribution in [0.4, 0.5) is 0 Å². The van der Waals surface area contributed by atoms with Gasteiger partial charge in [0.25, 0.3) is 0 Å². The van der Waals surface area contributed by atoms with Gasteiger partial charge in [-0.25, -0.2) is 4.79 Å². The third kappa shape index (κ3) is 4.79. The quantitative estimate of drug-likeness (QED) is 0.364. The Bertz CT molecular complexity index is 972. The van der Waals surface area contributed by atoms with E-state index in [0.717, 1.165) is 12.2 Å². The van der Waals surface area contributed by atoms with Gasteiger partial charge in [-0.1, -0.05) is 48.5 Å². The van der Waals surface area contributed by atoms with Gasteiger partial charge in [0, 0.05) is 10.8 Å². The lowest BCUT2D eigenvalue weighted by atomic mass is 9.89. The Kier molecular flexibility index (Phi) is 6.60. The Morgan fingerprint density at radius 2 is 1.60 bits per heavy atom. The average molecular weight is 421 g/mol.